The Hall–Kier alpha value is -1.87. The summed E-state index contributed by atoms with van der Waals surface area (Å²) >= 11 is 5.92. The van der Waals surface area contributed by atoms with Crippen molar-refractivity contribution in [2.75, 3.05) is 0 Å². The molecule has 2 aromatic carbocycles. The molecule has 0 fully saturated rings. The van der Waals surface area contributed by atoms with Crippen molar-refractivity contribution in [1.29, 1.82) is 0 Å². The van der Waals surface area contributed by atoms with Crippen molar-refractivity contribution < 1.29 is 9.23 Å². The van der Waals surface area contributed by atoms with E-state index < -0.39 is 0 Å². The first kappa shape index (κ1) is 12.6. The lowest BCUT2D eigenvalue weighted by atomic mass is 10.2. The Kier molecular flexibility index (Phi) is 4.31. The maximum atomic E-state index is 12.6. The van der Waals surface area contributed by atoms with Gasteiger partial charge in [-0.1, -0.05) is 47.1 Å². The van der Waals surface area contributed by atoms with E-state index in [1.54, 1.807) is 24.3 Å². The third kappa shape index (κ3) is 3.57. The van der Waals surface area contributed by atoms with E-state index in [0.717, 1.165) is 5.56 Å². The van der Waals surface area contributed by atoms with Crippen LogP contribution in [0.2, 0.25) is 5.02 Å². The van der Waals surface area contributed by atoms with Crippen molar-refractivity contribution in [3.05, 3.63) is 70.5 Å². The Labute approximate surface area is 110 Å². The Balaban J connectivity index is 1.89. The monoisotopic (exact) mass is 262 g/mol. The second kappa shape index (κ2) is 6.17. The van der Waals surface area contributed by atoms with Gasteiger partial charge in [-0.15, -0.1) is 0 Å². The molecule has 2 nitrogen and oxygen atoms in total. The zero-order valence-electron chi connectivity index (χ0n) is 9.44. The second-order valence-corrected chi connectivity index (χ2v) is 3.99. The predicted octanol–water partition coefficient (Wildman–Crippen LogP) is 3.91. The summed E-state index contributed by atoms with van der Waals surface area (Å²) in [5.41, 5.74) is 1.50. The highest BCUT2D eigenvalue weighted by atomic mass is 35.5. The van der Waals surface area contributed by atoms with Crippen LogP contribution in [0, 0.1) is 5.82 Å². The van der Waals surface area contributed by atoms with E-state index in [1.807, 2.05) is 12.1 Å². The number of nitrogens with zero attached hydrogens (tertiary/aromatic N) is 1. The van der Waals surface area contributed by atoms with Gasteiger partial charge in [0.1, 0.15) is 18.6 Å². The zero-order chi connectivity index (χ0) is 12.8. The van der Waals surface area contributed by atoms with Crippen molar-refractivity contribution in [2.45, 2.75) is 6.61 Å². The van der Waals surface area contributed by atoms with Gasteiger partial charge in [0, 0.05) is 5.56 Å². The van der Waals surface area contributed by atoms with Gasteiger partial charge in [-0.2, -0.15) is 0 Å². The highest BCUT2D eigenvalue weighted by Crippen LogP contribution is 2.12. The molecule has 0 aliphatic heterocycles. The van der Waals surface area contributed by atoms with Gasteiger partial charge < -0.3 is 4.84 Å². The summed E-state index contributed by atoms with van der Waals surface area (Å²) in [6.07, 6.45) is 2.69. The molecule has 1 radical (unpaired) electrons. The topological polar surface area (TPSA) is 21.6 Å². The van der Waals surface area contributed by atoms with E-state index >= 15 is 0 Å². The molecule has 0 aromatic heterocycles. The lowest BCUT2D eigenvalue weighted by molar-refractivity contribution is 0.132. The first-order valence-corrected chi connectivity index (χ1v) is 5.70. The molecule has 0 atom stereocenters. The standard InChI is InChI=1S/C14H10ClFNO/c15-14-4-2-1-3-12(14)9-17-18-10-11-5-7-13(16)8-6-11/h1-8H,10H2. The minimum atomic E-state index is -0.273. The molecule has 4 heteroatoms. The van der Waals surface area contributed by atoms with Crippen LogP contribution in [-0.4, -0.2) is 6.21 Å². The lowest BCUT2D eigenvalue weighted by Gasteiger charge is -1.99. The normalized spacial score (nSPS) is 10.8. The fraction of sp³-hybridized carbons (Fsp3) is 0.0714. The molecule has 18 heavy (non-hydrogen) atoms. The van der Waals surface area contributed by atoms with Crippen LogP contribution in [0.1, 0.15) is 11.1 Å². The predicted molar refractivity (Wildman–Crippen MR) is 69.2 cm³/mol. The van der Waals surface area contributed by atoms with Crippen molar-refractivity contribution in [1.82, 2.24) is 0 Å². The smallest absolute Gasteiger partial charge is 0.142 e. The quantitative estimate of drug-likeness (QED) is 0.605. The Morgan fingerprint density at radius 2 is 1.83 bits per heavy atom. The van der Waals surface area contributed by atoms with Crippen LogP contribution >= 0.6 is 11.6 Å². The molecule has 0 heterocycles. The lowest BCUT2D eigenvalue weighted by Crippen LogP contribution is -1.89. The molecular weight excluding hydrogens is 253 g/mol. The van der Waals surface area contributed by atoms with Gasteiger partial charge >= 0.3 is 0 Å². The number of rotatable bonds is 4. The molecular formula is C14H10ClFNO. The Morgan fingerprint density at radius 3 is 2.56 bits per heavy atom. The zero-order valence-corrected chi connectivity index (χ0v) is 10.2. The third-order valence-corrected chi connectivity index (χ3v) is 2.58. The summed E-state index contributed by atoms with van der Waals surface area (Å²) in [7, 11) is 0. The summed E-state index contributed by atoms with van der Waals surface area (Å²) in [6.45, 7) is 0.262. The minimum Gasteiger partial charge on any atom is -0.390 e. The number of hydrogen-bond acceptors (Lipinski definition) is 2. The number of hydrogen-bond donors (Lipinski definition) is 0. The van der Waals surface area contributed by atoms with Crippen LogP contribution in [0.5, 0.6) is 0 Å². The fourth-order valence-corrected chi connectivity index (χ4v) is 1.50. The maximum Gasteiger partial charge on any atom is 0.142 e. The van der Waals surface area contributed by atoms with E-state index in [9.17, 15) is 4.39 Å². The van der Waals surface area contributed by atoms with Gasteiger partial charge in [0.05, 0.1) is 5.02 Å². The van der Waals surface area contributed by atoms with E-state index in [2.05, 4.69) is 11.4 Å². The van der Waals surface area contributed by atoms with E-state index in [1.165, 1.54) is 12.1 Å². The number of benzene rings is 2. The molecule has 0 amide bonds. The van der Waals surface area contributed by atoms with Crippen molar-refractivity contribution in [3.63, 3.8) is 0 Å². The van der Waals surface area contributed by atoms with Crippen LogP contribution in [0.25, 0.3) is 0 Å². The molecule has 0 aliphatic rings. The summed E-state index contributed by atoms with van der Waals surface area (Å²) in [5.74, 6) is -0.273. The van der Waals surface area contributed by atoms with Crippen LogP contribution in [0.15, 0.2) is 53.7 Å². The van der Waals surface area contributed by atoms with Gasteiger partial charge in [0.25, 0.3) is 0 Å². The van der Waals surface area contributed by atoms with Crippen molar-refractivity contribution >= 4 is 17.8 Å². The molecule has 0 saturated heterocycles. The van der Waals surface area contributed by atoms with Gasteiger partial charge in [0.15, 0.2) is 0 Å². The highest BCUT2D eigenvalue weighted by molar-refractivity contribution is 6.33. The molecule has 2 aromatic rings. The minimum absolute atomic E-state index is 0.262. The fourth-order valence-electron chi connectivity index (χ4n) is 1.32. The van der Waals surface area contributed by atoms with Crippen molar-refractivity contribution in [3.8, 4) is 0 Å². The van der Waals surface area contributed by atoms with E-state index in [4.69, 9.17) is 16.4 Å². The molecule has 0 saturated carbocycles. The van der Waals surface area contributed by atoms with Crippen LogP contribution in [0.4, 0.5) is 4.39 Å². The summed E-state index contributed by atoms with van der Waals surface area (Å²) in [6, 6.07) is 13.2. The Morgan fingerprint density at radius 1 is 1.11 bits per heavy atom. The molecule has 0 aliphatic carbocycles. The van der Waals surface area contributed by atoms with Crippen molar-refractivity contribution in [2.24, 2.45) is 5.16 Å². The molecule has 0 bridgehead atoms. The summed E-state index contributed by atoms with van der Waals surface area (Å²) < 4.78 is 12.6. The molecule has 0 unspecified atom stereocenters. The van der Waals surface area contributed by atoms with Crippen LogP contribution in [0.3, 0.4) is 0 Å². The highest BCUT2D eigenvalue weighted by Gasteiger charge is 1.96. The first-order valence-electron chi connectivity index (χ1n) is 5.33. The Bertz CT molecular complexity index is 540. The summed E-state index contributed by atoms with van der Waals surface area (Å²) in [4.78, 5) is 5.05. The van der Waals surface area contributed by atoms with Crippen LogP contribution in [-0.2, 0) is 11.4 Å². The first-order chi connectivity index (χ1) is 8.75. The average Bonchev–Trinajstić information content (AvgIpc) is 2.39. The van der Waals surface area contributed by atoms with Gasteiger partial charge in [-0.05, 0) is 23.8 Å². The molecule has 0 spiro atoms. The summed E-state index contributed by atoms with van der Waals surface area (Å²) in [5, 5.41) is 4.25. The van der Waals surface area contributed by atoms with Gasteiger partial charge in [-0.3, -0.25) is 0 Å². The average molecular weight is 263 g/mol. The third-order valence-electron chi connectivity index (χ3n) is 2.25. The maximum absolute atomic E-state index is 12.6. The molecule has 0 N–H and O–H groups in total. The van der Waals surface area contributed by atoms with Crippen LogP contribution < -0.4 is 0 Å². The molecule has 2 rings (SSSR count). The second-order valence-electron chi connectivity index (χ2n) is 3.58. The van der Waals surface area contributed by atoms with Gasteiger partial charge in [-0.25, -0.2) is 4.39 Å². The SMILES string of the molecule is Fc1ccc(CO/N=[C]\c2ccccc2Cl)cc1. The van der Waals surface area contributed by atoms with E-state index in [0.29, 0.717) is 10.6 Å². The molecule has 91 valence electrons. The van der Waals surface area contributed by atoms with Gasteiger partial charge in [0.2, 0.25) is 0 Å². The number of halogens is 2. The van der Waals surface area contributed by atoms with E-state index in [-0.39, 0.29) is 12.4 Å². The largest absolute Gasteiger partial charge is 0.390 e.